The lowest BCUT2D eigenvalue weighted by molar-refractivity contribution is 0.0651. The molecule has 0 atom stereocenters. The van der Waals surface area contributed by atoms with Crippen LogP contribution >= 0.6 is 15.9 Å². The van der Waals surface area contributed by atoms with Crippen LogP contribution in [0.3, 0.4) is 0 Å². The van der Waals surface area contributed by atoms with E-state index in [4.69, 9.17) is 0 Å². The smallest absolute Gasteiger partial charge is 0.254 e. The van der Waals surface area contributed by atoms with Crippen molar-refractivity contribution >= 4 is 21.8 Å². The molecule has 1 amide bonds. The lowest BCUT2D eigenvalue weighted by Gasteiger charge is -2.31. The zero-order chi connectivity index (χ0) is 12.6. The lowest BCUT2D eigenvalue weighted by Crippen LogP contribution is -2.42. The van der Waals surface area contributed by atoms with Gasteiger partial charge in [-0.1, -0.05) is 0 Å². The Labute approximate surface area is 109 Å². The fraction of sp³-hybridized carbons (Fsp3) is 0.462. The summed E-state index contributed by atoms with van der Waals surface area (Å²) in [4.78, 5) is 14.1. The largest absolute Gasteiger partial charge is 0.334 e. The van der Waals surface area contributed by atoms with Crippen molar-refractivity contribution in [1.29, 1.82) is 0 Å². The number of amides is 1. The van der Waals surface area contributed by atoms with Crippen LogP contribution in [-0.4, -0.2) is 22.9 Å². The first-order chi connectivity index (χ1) is 7.92. The van der Waals surface area contributed by atoms with Crippen LogP contribution in [0.15, 0.2) is 22.7 Å². The minimum Gasteiger partial charge on any atom is -0.334 e. The SMILES string of the molecule is CC1(C)CCCN1C(=O)c1ccc(Br)c(F)c1. The summed E-state index contributed by atoms with van der Waals surface area (Å²) in [5, 5.41) is 0. The van der Waals surface area contributed by atoms with Gasteiger partial charge in [0, 0.05) is 17.6 Å². The van der Waals surface area contributed by atoms with E-state index in [1.807, 2.05) is 18.7 Å². The standard InChI is InChI=1S/C13H15BrFNO/c1-13(2)6-3-7-16(13)12(17)9-4-5-10(14)11(15)8-9/h4-5,8H,3,6-7H2,1-2H3. The molecule has 1 aliphatic heterocycles. The zero-order valence-electron chi connectivity index (χ0n) is 9.96. The second kappa shape index (κ2) is 4.41. The van der Waals surface area contributed by atoms with E-state index in [-0.39, 0.29) is 11.4 Å². The van der Waals surface area contributed by atoms with Crippen LogP contribution in [-0.2, 0) is 0 Å². The maximum absolute atomic E-state index is 13.4. The molecular weight excluding hydrogens is 285 g/mol. The summed E-state index contributed by atoms with van der Waals surface area (Å²) in [6.45, 7) is 4.85. The normalized spacial score (nSPS) is 18.5. The Morgan fingerprint density at radius 1 is 1.47 bits per heavy atom. The Morgan fingerprint density at radius 3 is 2.71 bits per heavy atom. The quantitative estimate of drug-likeness (QED) is 0.776. The molecule has 0 aromatic heterocycles. The number of halogens is 2. The van der Waals surface area contributed by atoms with E-state index in [1.54, 1.807) is 12.1 Å². The van der Waals surface area contributed by atoms with Crippen LogP contribution in [0, 0.1) is 5.82 Å². The molecule has 0 unspecified atom stereocenters. The second-order valence-electron chi connectivity index (χ2n) is 5.00. The molecule has 1 saturated heterocycles. The van der Waals surface area contributed by atoms with Gasteiger partial charge in [0.05, 0.1) is 4.47 Å². The second-order valence-corrected chi connectivity index (χ2v) is 5.86. The average molecular weight is 300 g/mol. The maximum Gasteiger partial charge on any atom is 0.254 e. The van der Waals surface area contributed by atoms with E-state index in [9.17, 15) is 9.18 Å². The first kappa shape index (κ1) is 12.6. The van der Waals surface area contributed by atoms with E-state index in [0.29, 0.717) is 10.0 Å². The summed E-state index contributed by atoms with van der Waals surface area (Å²) in [7, 11) is 0. The van der Waals surface area contributed by atoms with E-state index < -0.39 is 5.82 Å². The number of hydrogen-bond donors (Lipinski definition) is 0. The molecule has 4 heteroatoms. The number of carbonyl (C=O) groups is 1. The van der Waals surface area contributed by atoms with Crippen molar-refractivity contribution in [2.45, 2.75) is 32.2 Å². The molecule has 1 fully saturated rings. The molecule has 0 aliphatic carbocycles. The third-order valence-corrected chi connectivity index (χ3v) is 3.96. The fourth-order valence-electron chi connectivity index (χ4n) is 2.27. The van der Waals surface area contributed by atoms with Gasteiger partial charge in [-0.25, -0.2) is 4.39 Å². The summed E-state index contributed by atoms with van der Waals surface area (Å²) in [6, 6.07) is 4.52. The van der Waals surface area contributed by atoms with Gasteiger partial charge in [0.15, 0.2) is 0 Å². The third-order valence-electron chi connectivity index (χ3n) is 3.31. The molecule has 1 aromatic rings. The van der Waals surface area contributed by atoms with Crippen molar-refractivity contribution in [3.8, 4) is 0 Å². The minimum absolute atomic E-state index is 0.0844. The van der Waals surface area contributed by atoms with Crippen LogP contribution < -0.4 is 0 Å². The highest BCUT2D eigenvalue weighted by Crippen LogP contribution is 2.30. The number of rotatable bonds is 1. The summed E-state index contributed by atoms with van der Waals surface area (Å²) in [5.41, 5.74) is 0.293. The molecule has 1 aliphatic rings. The molecular formula is C13H15BrFNO. The predicted molar refractivity (Wildman–Crippen MR) is 68.4 cm³/mol. The van der Waals surface area contributed by atoms with E-state index in [1.165, 1.54) is 6.07 Å². The highest BCUT2D eigenvalue weighted by molar-refractivity contribution is 9.10. The van der Waals surface area contributed by atoms with Crippen molar-refractivity contribution in [3.63, 3.8) is 0 Å². The minimum atomic E-state index is -0.396. The maximum atomic E-state index is 13.4. The fourth-order valence-corrected chi connectivity index (χ4v) is 2.52. The monoisotopic (exact) mass is 299 g/mol. The van der Waals surface area contributed by atoms with Crippen LogP contribution in [0.1, 0.15) is 37.0 Å². The van der Waals surface area contributed by atoms with E-state index in [0.717, 1.165) is 19.4 Å². The lowest BCUT2D eigenvalue weighted by atomic mass is 10.0. The molecule has 0 spiro atoms. The van der Waals surface area contributed by atoms with E-state index in [2.05, 4.69) is 15.9 Å². The van der Waals surface area contributed by atoms with Crippen molar-refractivity contribution in [2.75, 3.05) is 6.54 Å². The average Bonchev–Trinajstić information content (AvgIpc) is 2.61. The summed E-state index contributed by atoms with van der Waals surface area (Å²) < 4.78 is 13.8. The highest BCUT2D eigenvalue weighted by atomic mass is 79.9. The van der Waals surface area contributed by atoms with Gasteiger partial charge in [-0.05, 0) is 60.8 Å². The number of nitrogens with zero attached hydrogens (tertiary/aromatic N) is 1. The molecule has 0 saturated carbocycles. The van der Waals surface area contributed by atoms with Crippen molar-refractivity contribution in [2.24, 2.45) is 0 Å². The van der Waals surface area contributed by atoms with Crippen LogP contribution in [0.4, 0.5) is 4.39 Å². The molecule has 2 nitrogen and oxygen atoms in total. The number of hydrogen-bond acceptors (Lipinski definition) is 1. The van der Waals surface area contributed by atoms with Crippen LogP contribution in [0.5, 0.6) is 0 Å². The molecule has 1 aromatic carbocycles. The Hall–Kier alpha value is -0.900. The Morgan fingerprint density at radius 2 is 2.18 bits per heavy atom. The highest BCUT2D eigenvalue weighted by Gasteiger charge is 2.35. The molecule has 92 valence electrons. The molecule has 1 heterocycles. The van der Waals surface area contributed by atoms with Gasteiger partial charge in [0.1, 0.15) is 5.82 Å². The van der Waals surface area contributed by atoms with Gasteiger partial charge >= 0.3 is 0 Å². The van der Waals surface area contributed by atoms with Crippen molar-refractivity contribution < 1.29 is 9.18 Å². The van der Waals surface area contributed by atoms with Gasteiger partial charge in [-0.3, -0.25) is 4.79 Å². The number of benzene rings is 1. The Balaban J connectivity index is 2.28. The van der Waals surface area contributed by atoms with Crippen molar-refractivity contribution in [1.82, 2.24) is 4.90 Å². The van der Waals surface area contributed by atoms with Gasteiger partial charge in [-0.2, -0.15) is 0 Å². The molecule has 2 rings (SSSR count). The van der Waals surface area contributed by atoms with Crippen LogP contribution in [0.2, 0.25) is 0 Å². The Bertz CT molecular complexity index is 459. The topological polar surface area (TPSA) is 20.3 Å². The summed E-state index contributed by atoms with van der Waals surface area (Å²) in [6.07, 6.45) is 2.01. The summed E-state index contributed by atoms with van der Waals surface area (Å²) >= 11 is 3.08. The Kier molecular flexibility index (Phi) is 3.25. The summed E-state index contributed by atoms with van der Waals surface area (Å²) in [5.74, 6) is -0.480. The number of carbonyl (C=O) groups excluding carboxylic acids is 1. The van der Waals surface area contributed by atoms with Gasteiger partial charge < -0.3 is 4.90 Å². The molecule has 17 heavy (non-hydrogen) atoms. The van der Waals surface area contributed by atoms with Crippen LogP contribution in [0.25, 0.3) is 0 Å². The molecule has 0 N–H and O–H groups in total. The predicted octanol–water partition coefficient (Wildman–Crippen LogP) is 3.60. The first-order valence-electron chi connectivity index (χ1n) is 5.69. The zero-order valence-corrected chi connectivity index (χ0v) is 11.6. The molecule has 0 bridgehead atoms. The third kappa shape index (κ3) is 2.37. The van der Waals surface area contributed by atoms with Crippen molar-refractivity contribution in [3.05, 3.63) is 34.1 Å². The van der Waals surface area contributed by atoms with E-state index >= 15 is 0 Å². The van der Waals surface area contributed by atoms with Gasteiger partial charge in [0.2, 0.25) is 0 Å². The van der Waals surface area contributed by atoms with Gasteiger partial charge in [0.25, 0.3) is 5.91 Å². The first-order valence-corrected chi connectivity index (χ1v) is 6.48. The molecule has 0 radical (unpaired) electrons. The van der Waals surface area contributed by atoms with Gasteiger partial charge in [-0.15, -0.1) is 0 Å². The number of likely N-dealkylation sites (tertiary alicyclic amines) is 1.